The molecule has 0 bridgehead atoms. The summed E-state index contributed by atoms with van der Waals surface area (Å²) < 4.78 is 0. The number of anilines is 2. The number of pyridine rings is 2. The molecule has 4 rings (SSSR count). The van der Waals surface area contributed by atoms with Crippen LogP contribution in [0.15, 0.2) is 55.1 Å². The largest absolute Gasteiger partial charge is 0.347 e. The van der Waals surface area contributed by atoms with Crippen LogP contribution in [0.25, 0.3) is 0 Å². The van der Waals surface area contributed by atoms with Crippen LogP contribution in [-0.4, -0.2) is 37.9 Å². The second kappa shape index (κ2) is 8.10. The predicted octanol–water partition coefficient (Wildman–Crippen LogP) is 3.40. The zero-order valence-electron chi connectivity index (χ0n) is 14.8. The Morgan fingerprint density at radius 1 is 1.15 bits per heavy atom. The van der Waals surface area contributed by atoms with E-state index >= 15 is 0 Å². The highest BCUT2D eigenvalue weighted by molar-refractivity contribution is 5.51. The highest BCUT2D eigenvalue weighted by atomic mass is 15.1. The van der Waals surface area contributed by atoms with Crippen molar-refractivity contribution >= 4 is 11.6 Å². The van der Waals surface area contributed by atoms with Crippen LogP contribution in [0.1, 0.15) is 24.2 Å². The Morgan fingerprint density at radius 3 is 2.96 bits per heavy atom. The number of aromatic nitrogens is 4. The summed E-state index contributed by atoms with van der Waals surface area (Å²) in [6.07, 6.45) is 8.96. The Hall–Kier alpha value is -2.73. The fourth-order valence-electron chi connectivity index (χ4n) is 3.60. The number of rotatable bonds is 6. The molecule has 3 aromatic heterocycles. The molecule has 1 fully saturated rings. The van der Waals surface area contributed by atoms with E-state index in [1.807, 2.05) is 30.5 Å². The minimum absolute atomic E-state index is 0.643. The van der Waals surface area contributed by atoms with E-state index in [1.54, 1.807) is 12.5 Å². The van der Waals surface area contributed by atoms with Gasteiger partial charge in [0, 0.05) is 36.9 Å². The Balaban J connectivity index is 1.36. The Kier molecular flexibility index (Phi) is 5.21. The molecule has 1 aliphatic rings. The fourth-order valence-corrected chi connectivity index (χ4v) is 3.60. The Morgan fingerprint density at radius 2 is 2.12 bits per heavy atom. The zero-order chi connectivity index (χ0) is 17.6. The summed E-state index contributed by atoms with van der Waals surface area (Å²) in [5.41, 5.74) is 2.32. The van der Waals surface area contributed by atoms with Gasteiger partial charge in [0.2, 0.25) is 0 Å². The maximum Gasteiger partial charge on any atom is 0.131 e. The van der Waals surface area contributed by atoms with Crippen molar-refractivity contribution in [3.63, 3.8) is 0 Å². The molecule has 2 N–H and O–H groups in total. The SMILES string of the molecule is c1ccc(Nc2cccc(C[C@@H]3CCCN(Cc4cnc[nH]4)C3)n2)nc1. The van der Waals surface area contributed by atoms with Crippen molar-refractivity contribution in [3.05, 3.63) is 66.5 Å². The third kappa shape index (κ3) is 4.46. The Bertz CT molecular complexity index is 802. The minimum Gasteiger partial charge on any atom is -0.347 e. The smallest absolute Gasteiger partial charge is 0.131 e. The number of aromatic amines is 1. The number of imidazole rings is 1. The summed E-state index contributed by atoms with van der Waals surface area (Å²) >= 11 is 0. The fraction of sp³-hybridized carbons (Fsp3) is 0.350. The normalized spacial score (nSPS) is 17.9. The standard InChI is InChI=1S/C20H24N6/c1-2-9-22-19(7-1)25-20-8-3-6-17(24-20)11-16-5-4-10-26(13-16)14-18-12-21-15-23-18/h1-3,6-9,12,15-16H,4-5,10-11,13-14H2,(H,21,23)(H,22,24,25)/t16-/m0/s1. The molecule has 0 spiro atoms. The zero-order valence-corrected chi connectivity index (χ0v) is 14.8. The lowest BCUT2D eigenvalue weighted by molar-refractivity contribution is 0.165. The molecular weight excluding hydrogens is 324 g/mol. The van der Waals surface area contributed by atoms with Crippen molar-refractivity contribution in [1.29, 1.82) is 0 Å². The second-order valence-electron chi connectivity index (χ2n) is 6.88. The van der Waals surface area contributed by atoms with E-state index in [9.17, 15) is 0 Å². The molecule has 0 amide bonds. The van der Waals surface area contributed by atoms with Gasteiger partial charge in [0.1, 0.15) is 11.6 Å². The topological polar surface area (TPSA) is 69.7 Å². The van der Waals surface area contributed by atoms with E-state index in [0.29, 0.717) is 5.92 Å². The van der Waals surface area contributed by atoms with Gasteiger partial charge in [-0.25, -0.2) is 15.0 Å². The summed E-state index contributed by atoms with van der Waals surface area (Å²) in [4.78, 5) is 18.9. The molecular formula is C20H24N6. The maximum atomic E-state index is 4.78. The van der Waals surface area contributed by atoms with E-state index < -0.39 is 0 Å². The third-order valence-corrected chi connectivity index (χ3v) is 4.78. The second-order valence-corrected chi connectivity index (χ2v) is 6.88. The number of H-pyrrole nitrogens is 1. The average molecular weight is 348 g/mol. The minimum atomic E-state index is 0.643. The van der Waals surface area contributed by atoms with E-state index in [1.165, 1.54) is 18.5 Å². The van der Waals surface area contributed by atoms with Crippen LogP contribution in [0.2, 0.25) is 0 Å². The summed E-state index contributed by atoms with van der Waals surface area (Å²) in [5, 5.41) is 3.28. The van der Waals surface area contributed by atoms with E-state index in [4.69, 9.17) is 4.98 Å². The van der Waals surface area contributed by atoms with Crippen molar-refractivity contribution in [3.8, 4) is 0 Å². The lowest BCUT2D eigenvalue weighted by Crippen LogP contribution is -2.35. The van der Waals surface area contributed by atoms with E-state index in [0.717, 1.165) is 43.4 Å². The van der Waals surface area contributed by atoms with Gasteiger partial charge in [0.15, 0.2) is 0 Å². The van der Waals surface area contributed by atoms with Gasteiger partial charge < -0.3 is 10.3 Å². The molecule has 3 aromatic rings. The molecule has 0 radical (unpaired) electrons. The first-order valence-electron chi connectivity index (χ1n) is 9.19. The number of piperidine rings is 1. The van der Waals surface area contributed by atoms with Crippen molar-refractivity contribution in [2.45, 2.75) is 25.8 Å². The number of nitrogens with zero attached hydrogens (tertiary/aromatic N) is 4. The predicted molar refractivity (Wildman–Crippen MR) is 102 cm³/mol. The van der Waals surface area contributed by atoms with Gasteiger partial charge in [-0.15, -0.1) is 0 Å². The molecule has 1 aliphatic heterocycles. The summed E-state index contributed by atoms with van der Waals surface area (Å²) in [7, 11) is 0. The lowest BCUT2D eigenvalue weighted by Gasteiger charge is -2.32. The molecule has 0 aliphatic carbocycles. The molecule has 134 valence electrons. The van der Waals surface area contributed by atoms with Crippen molar-refractivity contribution in [2.75, 3.05) is 18.4 Å². The first-order valence-corrected chi connectivity index (χ1v) is 9.19. The molecule has 0 saturated carbocycles. The van der Waals surface area contributed by atoms with Gasteiger partial charge in [-0.05, 0) is 56.0 Å². The van der Waals surface area contributed by atoms with Crippen LogP contribution in [0.4, 0.5) is 11.6 Å². The van der Waals surface area contributed by atoms with Crippen LogP contribution < -0.4 is 5.32 Å². The number of hydrogen-bond acceptors (Lipinski definition) is 5. The molecule has 6 nitrogen and oxygen atoms in total. The van der Waals surface area contributed by atoms with Gasteiger partial charge in [0.25, 0.3) is 0 Å². The quantitative estimate of drug-likeness (QED) is 0.714. The van der Waals surface area contributed by atoms with Gasteiger partial charge in [-0.2, -0.15) is 0 Å². The first kappa shape index (κ1) is 16.7. The molecule has 0 unspecified atom stereocenters. The van der Waals surface area contributed by atoms with Gasteiger partial charge in [-0.1, -0.05) is 12.1 Å². The maximum absolute atomic E-state index is 4.78. The van der Waals surface area contributed by atoms with Crippen molar-refractivity contribution < 1.29 is 0 Å². The molecule has 4 heterocycles. The van der Waals surface area contributed by atoms with Crippen LogP contribution in [0, 0.1) is 5.92 Å². The molecule has 26 heavy (non-hydrogen) atoms. The summed E-state index contributed by atoms with van der Waals surface area (Å²) in [6, 6.07) is 12.0. The highest BCUT2D eigenvalue weighted by Crippen LogP contribution is 2.22. The number of nitrogens with one attached hydrogen (secondary N) is 2. The van der Waals surface area contributed by atoms with Gasteiger partial charge >= 0.3 is 0 Å². The monoisotopic (exact) mass is 348 g/mol. The van der Waals surface area contributed by atoms with Crippen LogP contribution >= 0.6 is 0 Å². The first-order chi connectivity index (χ1) is 12.8. The van der Waals surface area contributed by atoms with Crippen LogP contribution in [0.3, 0.4) is 0 Å². The molecule has 6 heteroatoms. The summed E-state index contributed by atoms with van der Waals surface area (Å²) in [5.74, 6) is 2.32. The van der Waals surface area contributed by atoms with E-state index in [2.05, 4.69) is 37.3 Å². The van der Waals surface area contributed by atoms with Crippen LogP contribution in [0.5, 0.6) is 0 Å². The number of hydrogen-bond donors (Lipinski definition) is 2. The van der Waals surface area contributed by atoms with Crippen molar-refractivity contribution in [1.82, 2.24) is 24.8 Å². The van der Waals surface area contributed by atoms with Gasteiger partial charge in [-0.3, -0.25) is 4.90 Å². The Labute approximate surface area is 153 Å². The average Bonchev–Trinajstić information content (AvgIpc) is 3.16. The summed E-state index contributed by atoms with van der Waals surface area (Å²) in [6.45, 7) is 3.22. The lowest BCUT2D eigenvalue weighted by atomic mass is 9.93. The van der Waals surface area contributed by atoms with E-state index in [-0.39, 0.29) is 0 Å². The number of likely N-dealkylation sites (tertiary alicyclic amines) is 1. The van der Waals surface area contributed by atoms with Gasteiger partial charge in [0.05, 0.1) is 6.33 Å². The molecule has 1 atom stereocenters. The highest BCUT2D eigenvalue weighted by Gasteiger charge is 2.21. The third-order valence-electron chi connectivity index (χ3n) is 4.78. The molecule has 0 aromatic carbocycles. The molecule has 1 saturated heterocycles. The van der Waals surface area contributed by atoms with Crippen molar-refractivity contribution in [2.24, 2.45) is 5.92 Å². The van der Waals surface area contributed by atoms with Crippen LogP contribution in [-0.2, 0) is 13.0 Å².